The summed E-state index contributed by atoms with van der Waals surface area (Å²) in [5.41, 5.74) is 1.65. The zero-order chi connectivity index (χ0) is 21.8. The fraction of sp³-hybridized carbons (Fsp3) is 0.348. The fourth-order valence-electron chi connectivity index (χ4n) is 3.78. The first-order valence-electron chi connectivity index (χ1n) is 10.4. The number of benzene rings is 2. The van der Waals surface area contributed by atoms with Gasteiger partial charge in [-0.05, 0) is 55.2 Å². The minimum atomic E-state index is -0.666. The van der Waals surface area contributed by atoms with Crippen LogP contribution in [-0.2, 0) is 16.0 Å². The lowest BCUT2D eigenvalue weighted by atomic mass is 10.1. The number of carbonyl (C=O) groups excluding carboxylic acids is 3. The second kappa shape index (κ2) is 9.51. The van der Waals surface area contributed by atoms with E-state index in [-0.39, 0.29) is 30.0 Å². The van der Waals surface area contributed by atoms with Gasteiger partial charge >= 0.3 is 0 Å². The van der Waals surface area contributed by atoms with Gasteiger partial charge in [0.05, 0.1) is 5.25 Å². The van der Waals surface area contributed by atoms with E-state index in [2.05, 4.69) is 10.6 Å². The van der Waals surface area contributed by atoms with Crippen molar-refractivity contribution in [2.45, 2.75) is 30.6 Å². The number of rotatable bonds is 5. The maximum atomic E-state index is 13.9. The highest BCUT2D eigenvalue weighted by Crippen LogP contribution is 2.24. The topological polar surface area (TPSA) is 78.5 Å². The predicted octanol–water partition coefficient (Wildman–Crippen LogP) is 2.84. The summed E-state index contributed by atoms with van der Waals surface area (Å²) in [6, 6.07) is 12.5. The molecule has 4 rings (SSSR count). The molecule has 8 heteroatoms. The molecule has 2 N–H and O–H groups in total. The Balaban J connectivity index is 1.31. The number of amides is 3. The molecule has 0 unspecified atom stereocenters. The monoisotopic (exact) mass is 441 g/mol. The third-order valence-electron chi connectivity index (χ3n) is 5.55. The number of nitrogens with one attached hydrogen (secondary N) is 2. The zero-order valence-electron chi connectivity index (χ0n) is 17.0. The first-order chi connectivity index (χ1) is 15.0. The van der Waals surface area contributed by atoms with Crippen LogP contribution in [-0.4, -0.2) is 52.8 Å². The molecule has 2 atom stereocenters. The molecule has 3 amide bonds. The van der Waals surface area contributed by atoms with Gasteiger partial charge in [0.2, 0.25) is 11.8 Å². The molecule has 2 aromatic carbocycles. The molecule has 2 aliphatic heterocycles. The molecule has 2 saturated heterocycles. The van der Waals surface area contributed by atoms with Gasteiger partial charge in [-0.15, -0.1) is 11.8 Å². The highest BCUT2D eigenvalue weighted by Gasteiger charge is 2.33. The van der Waals surface area contributed by atoms with Crippen molar-refractivity contribution >= 4 is 35.2 Å². The number of halogens is 1. The van der Waals surface area contributed by atoms with Gasteiger partial charge in [-0.3, -0.25) is 14.4 Å². The number of hydrogen-bond acceptors (Lipinski definition) is 4. The first kappa shape index (κ1) is 21.4. The summed E-state index contributed by atoms with van der Waals surface area (Å²) in [6.45, 7) is 1.57. The van der Waals surface area contributed by atoms with Crippen molar-refractivity contribution in [3.05, 3.63) is 65.5 Å². The van der Waals surface area contributed by atoms with E-state index < -0.39 is 11.3 Å². The van der Waals surface area contributed by atoms with Crippen molar-refractivity contribution < 1.29 is 18.8 Å². The lowest BCUT2D eigenvalue weighted by molar-refractivity contribution is -0.126. The van der Waals surface area contributed by atoms with Gasteiger partial charge in [-0.25, -0.2) is 4.39 Å². The van der Waals surface area contributed by atoms with Gasteiger partial charge in [-0.2, -0.15) is 0 Å². The van der Waals surface area contributed by atoms with Crippen LogP contribution >= 0.6 is 11.8 Å². The molecule has 0 bridgehead atoms. The Morgan fingerprint density at radius 2 is 1.81 bits per heavy atom. The molecule has 2 aliphatic rings. The Hall–Kier alpha value is -2.87. The normalized spacial score (nSPS) is 20.9. The number of hydrogen-bond donors (Lipinski definition) is 2. The summed E-state index contributed by atoms with van der Waals surface area (Å²) < 4.78 is 13.9. The third-order valence-corrected chi connectivity index (χ3v) is 6.85. The average molecular weight is 442 g/mol. The van der Waals surface area contributed by atoms with Gasteiger partial charge in [0.25, 0.3) is 5.91 Å². The van der Waals surface area contributed by atoms with E-state index in [1.807, 2.05) is 4.90 Å². The Morgan fingerprint density at radius 3 is 2.48 bits per heavy atom. The molecular weight excluding hydrogens is 417 g/mol. The highest BCUT2D eigenvalue weighted by atomic mass is 32.2. The number of thioether (sulfide) groups is 1. The van der Waals surface area contributed by atoms with Crippen molar-refractivity contribution in [3.63, 3.8) is 0 Å². The second-order valence-corrected chi connectivity index (χ2v) is 8.98. The molecule has 0 saturated carbocycles. The molecule has 162 valence electrons. The molecular formula is C23H24FN3O3S. The highest BCUT2D eigenvalue weighted by molar-refractivity contribution is 8.00. The molecule has 2 fully saturated rings. The minimum absolute atomic E-state index is 0.00668. The Bertz CT molecular complexity index is 976. The lowest BCUT2D eigenvalue weighted by Gasteiger charge is -2.28. The van der Waals surface area contributed by atoms with Crippen molar-refractivity contribution in [2.75, 3.05) is 24.2 Å². The van der Waals surface area contributed by atoms with E-state index in [0.717, 1.165) is 25.9 Å². The van der Waals surface area contributed by atoms with Crippen molar-refractivity contribution in [1.82, 2.24) is 10.2 Å². The molecule has 2 aromatic rings. The van der Waals surface area contributed by atoms with Crippen LogP contribution in [0, 0.1) is 5.82 Å². The standard InChI is InChI=1S/C23H24FN3O3S/c24-18-6-2-1-5-16(18)13-20-22(29)26-19(14-31-20)21(28)25-17-9-7-15(8-10-17)23(30)27-11-3-4-12-27/h1-2,5-10,19-20H,3-4,11-14H2,(H,25,28)(H,26,29)/t19-,20+/m0/s1. The average Bonchev–Trinajstić information content (AvgIpc) is 3.31. The predicted molar refractivity (Wildman–Crippen MR) is 118 cm³/mol. The maximum Gasteiger partial charge on any atom is 0.253 e. The third kappa shape index (κ3) is 5.07. The number of carbonyl (C=O) groups is 3. The van der Waals surface area contributed by atoms with Crippen molar-refractivity contribution in [1.29, 1.82) is 0 Å². The quantitative estimate of drug-likeness (QED) is 0.748. The van der Waals surface area contributed by atoms with Gasteiger partial charge in [0, 0.05) is 30.1 Å². The van der Waals surface area contributed by atoms with Crippen LogP contribution in [0.1, 0.15) is 28.8 Å². The Morgan fingerprint density at radius 1 is 1.10 bits per heavy atom. The van der Waals surface area contributed by atoms with Crippen molar-refractivity contribution in [3.8, 4) is 0 Å². The molecule has 0 aromatic heterocycles. The van der Waals surface area contributed by atoms with Gasteiger partial charge in [-0.1, -0.05) is 18.2 Å². The summed E-state index contributed by atoms with van der Waals surface area (Å²) in [5, 5.41) is 5.09. The number of anilines is 1. The van der Waals surface area contributed by atoms with Gasteiger partial charge in [0.15, 0.2) is 0 Å². The van der Waals surface area contributed by atoms with E-state index in [0.29, 0.717) is 22.6 Å². The zero-order valence-corrected chi connectivity index (χ0v) is 17.8. The van der Waals surface area contributed by atoms with Crippen LogP contribution < -0.4 is 10.6 Å². The summed E-state index contributed by atoms with van der Waals surface area (Å²) in [4.78, 5) is 39.3. The SMILES string of the molecule is O=C(Nc1ccc(C(=O)N2CCCC2)cc1)[C@@H]1CS[C@H](Cc2ccccc2F)C(=O)N1. The van der Waals surface area contributed by atoms with E-state index in [1.54, 1.807) is 42.5 Å². The smallest absolute Gasteiger partial charge is 0.253 e. The summed E-state index contributed by atoms with van der Waals surface area (Å²) in [7, 11) is 0. The van der Waals surface area contributed by atoms with Crippen LogP contribution in [0.2, 0.25) is 0 Å². The largest absolute Gasteiger partial charge is 0.343 e. The molecule has 6 nitrogen and oxygen atoms in total. The van der Waals surface area contributed by atoms with Gasteiger partial charge < -0.3 is 15.5 Å². The van der Waals surface area contributed by atoms with Crippen LogP contribution in [0.5, 0.6) is 0 Å². The lowest BCUT2D eigenvalue weighted by Crippen LogP contribution is -2.52. The van der Waals surface area contributed by atoms with Crippen LogP contribution in [0.15, 0.2) is 48.5 Å². The van der Waals surface area contributed by atoms with Gasteiger partial charge in [0.1, 0.15) is 11.9 Å². The molecule has 31 heavy (non-hydrogen) atoms. The number of likely N-dealkylation sites (tertiary alicyclic amines) is 1. The van der Waals surface area contributed by atoms with Crippen LogP contribution in [0.4, 0.5) is 10.1 Å². The Labute approximate surface area is 184 Å². The second-order valence-electron chi connectivity index (χ2n) is 7.74. The van der Waals surface area contributed by atoms with Crippen molar-refractivity contribution in [2.24, 2.45) is 0 Å². The summed E-state index contributed by atoms with van der Waals surface area (Å²) in [6.07, 6.45) is 2.35. The molecule has 0 radical (unpaired) electrons. The van der Waals surface area contributed by atoms with Crippen LogP contribution in [0.3, 0.4) is 0 Å². The number of nitrogens with zero attached hydrogens (tertiary/aromatic N) is 1. The fourth-order valence-corrected chi connectivity index (χ4v) is 4.96. The maximum absolute atomic E-state index is 13.9. The minimum Gasteiger partial charge on any atom is -0.343 e. The molecule has 0 spiro atoms. The first-order valence-corrected chi connectivity index (χ1v) is 11.4. The van der Waals surface area contributed by atoms with Crippen LogP contribution in [0.25, 0.3) is 0 Å². The molecule has 2 heterocycles. The summed E-state index contributed by atoms with van der Waals surface area (Å²) in [5.74, 6) is -0.507. The van der Waals surface area contributed by atoms with E-state index in [1.165, 1.54) is 17.8 Å². The summed E-state index contributed by atoms with van der Waals surface area (Å²) >= 11 is 1.35. The van der Waals surface area contributed by atoms with E-state index >= 15 is 0 Å². The van der Waals surface area contributed by atoms with E-state index in [4.69, 9.17) is 0 Å². The van der Waals surface area contributed by atoms with E-state index in [9.17, 15) is 18.8 Å². The Kier molecular flexibility index (Phi) is 6.56. The molecule has 0 aliphatic carbocycles.